The predicted octanol–water partition coefficient (Wildman–Crippen LogP) is 5.12. The number of halogens is 1. The molecule has 0 bridgehead atoms. The Labute approximate surface area is 184 Å². The van der Waals surface area contributed by atoms with E-state index in [4.69, 9.17) is 11.6 Å². The van der Waals surface area contributed by atoms with Crippen molar-refractivity contribution in [3.05, 3.63) is 69.7 Å². The Morgan fingerprint density at radius 2 is 1.63 bits per heavy atom. The first-order valence-electron chi connectivity index (χ1n) is 10.7. The topological polar surface area (TPSA) is 49.4 Å². The first kappa shape index (κ1) is 22.4. The van der Waals surface area contributed by atoms with Gasteiger partial charge in [-0.3, -0.25) is 9.59 Å². The highest BCUT2D eigenvalue weighted by Gasteiger charge is 2.31. The van der Waals surface area contributed by atoms with Crippen LogP contribution in [0.15, 0.2) is 42.5 Å². The number of likely N-dealkylation sites (tertiary alicyclic amines) is 1. The van der Waals surface area contributed by atoms with E-state index in [0.717, 1.165) is 29.0 Å². The van der Waals surface area contributed by atoms with Crippen LogP contribution in [0.25, 0.3) is 0 Å². The fourth-order valence-corrected chi connectivity index (χ4v) is 4.11. The summed E-state index contributed by atoms with van der Waals surface area (Å²) < 4.78 is 0. The van der Waals surface area contributed by atoms with Crippen molar-refractivity contribution in [2.45, 2.75) is 52.5 Å². The molecule has 2 amide bonds. The summed E-state index contributed by atoms with van der Waals surface area (Å²) in [6.07, 6.45) is 1.84. The van der Waals surface area contributed by atoms with Gasteiger partial charge in [0.2, 0.25) is 5.91 Å². The normalized spacial score (nSPS) is 15.9. The number of carbonyl (C=O) groups is 2. The van der Waals surface area contributed by atoms with Crippen LogP contribution >= 0.6 is 11.6 Å². The Morgan fingerprint density at radius 1 is 1.00 bits per heavy atom. The lowest BCUT2D eigenvalue weighted by Crippen LogP contribution is -2.52. The van der Waals surface area contributed by atoms with Crippen molar-refractivity contribution in [1.29, 1.82) is 0 Å². The van der Waals surface area contributed by atoms with Gasteiger partial charge >= 0.3 is 0 Å². The van der Waals surface area contributed by atoms with E-state index in [9.17, 15) is 9.59 Å². The van der Waals surface area contributed by atoms with Gasteiger partial charge in [0.1, 0.15) is 6.04 Å². The highest BCUT2D eigenvalue weighted by molar-refractivity contribution is 6.30. The van der Waals surface area contributed by atoms with Gasteiger partial charge in [0.25, 0.3) is 5.91 Å². The SMILES string of the molecule is Cc1ccc(C(=O)NC(C(=O)N2CCC(c3ccc(Cl)cc3)CC2)C(C)C)cc1C. The Morgan fingerprint density at radius 3 is 2.20 bits per heavy atom. The first-order chi connectivity index (χ1) is 14.3. The lowest BCUT2D eigenvalue weighted by atomic mass is 9.89. The molecule has 1 atom stereocenters. The third kappa shape index (κ3) is 5.23. The Kier molecular flexibility index (Phi) is 7.19. The molecule has 160 valence electrons. The minimum atomic E-state index is -0.522. The van der Waals surface area contributed by atoms with E-state index < -0.39 is 6.04 Å². The Balaban J connectivity index is 1.63. The molecular formula is C25H31ClN2O2. The van der Waals surface area contributed by atoms with E-state index in [1.807, 2.05) is 62.9 Å². The van der Waals surface area contributed by atoms with Gasteiger partial charge in [0.15, 0.2) is 0 Å². The third-order valence-electron chi connectivity index (χ3n) is 6.14. The summed E-state index contributed by atoms with van der Waals surface area (Å²) in [7, 11) is 0. The molecule has 0 spiro atoms. The molecule has 2 aromatic carbocycles. The largest absolute Gasteiger partial charge is 0.341 e. The van der Waals surface area contributed by atoms with Crippen molar-refractivity contribution in [1.82, 2.24) is 10.2 Å². The summed E-state index contributed by atoms with van der Waals surface area (Å²) in [5.74, 6) is 0.272. The van der Waals surface area contributed by atoms with Crippen molar-refractivity contribution in [2.75, 3.05) is 13.1 Å². The standard InChI is InChI=1S/C25H31ClN2O2/c1-16(2)23(27-24(29)21-6-5-17(3)18(4)15-21)25(30)28-13-11-20(12-14-28)19-7-9-22(26)10-8-19/h5-10,15-16,20,23H,11-14H2,1-4H3,(H,27,29). The number of hydrogen-bond acceptors (Lipinski definition) is 2. The number of piperidine rings is 1. The summed E-state index contributed by atoms with van der Waals surface area (Å²) >= 11 is 5.99. The monoisotopic (exact) mass is 426 g/mol. The molecule has 0 aliphatic carbocycles. The van der Waals surface area contributed by atoms with Crippen molar-refractivity contribution >= 4 is 23.4 Å². The second-order valence-electron chi connectivity index (χ2n) is 8.65. The number of aryl methyl sites for hydroxylation is 2. The van der Waals surface area contributed by atoms with Crippen LogP contribution in [0.3, 0.4) is 0 Å². The lowest BCUT2D eigenvalue weighted by molar-refractivity contribution is -0.135. The maximum atomic E-state index is 13.2. The van der Waals surface area contributed by atoms with E-state index in [1.54, 1.807) is 0 Å². The number of benzene rings is 2. The molecule has 0 aromatic heterocycles. The van der Waals surface area contributed by atoms with E-state index in [0.29, 0.717) is 24.6 Å². The average Bonchev–Trinajstić information content (AvgIpc) is 2.74. The number of amides is 2. The van der Waals surface area contributed by atoms with Crippen molar-refractivity contribution < 1.29 is 9.59 Å². The van der Waals surface area contributed by atoms with Crippen LogP contribution in [0.1, 0.15) is 59.7 Å². The summed E-state index contributed by atoms with van der Waals surface area (Å²) in [5, 5.41) is 3.72. The van der Waals surface area contributed by atoms with Gasteiger partial charge in [0, 0.05) is 23.7 Å². The van der Waals surface area contributed by atoms with Crippen LogP contribution in [-0.2, 0) is 4.79 Å². The molecular weight excluding hydrogens is 396 g/mol. The highest BCUT2D eigenvalue weighted by Crippen LogP contribution is 2.29. The maximum absolute atomic E-state index is 13.2. The van der Waals surface area contributed by atoms with Gasteiger partial charge in [-0.1, -0.05) is 43.6 Å². The van der Waals surface area contributed by atoms with E-state index in [-0.39, 0.29) is 17.7 Å². The van der Waals surface area contributed by atoms with Crippen LogP contribution < -0.4 is 5.32 Å². The Hall–Kier alpha value is -2.33. The van der Waals surface area contributed by atoms with E-state index >= 15 is 0 Å². The number of nitrogens with zero attached hydrogens (tertiary/aromatic N) is 1. The van der Waals surface area contributed by atoms with Crippen molar-refractivity contribution in [3.63, 3.8) is 0 Å². The van der Waals surface area contributed by atoms with Gasteiger partial charge in [-0.25, -0.2) is 0 Å². The van der Waals surface area contributed by atoms with Crippen LogP contribution in [0.2, 0.25) is 5.02 Å². The number of hydrogen-bond donors (Lipinski definition) is 1. The zero-order valence-electron chi connectivity index (χ0n) is 18.2. The lowest BCUT2D eigenvalue weighted by Gasteiger charge is -2.35. The number of nitrogens with one attached hydrogen (secondary N) is 1. The molecule has 1 aliphatic heterocycles. The zero-order chi connectivity index (χ0) is 21.8. The second-order valence-corrected chi connectivity index (χ2v) is 9.08. The molecule has 1 N–H and O–H groups in total. The predicted molar refractivity (Wildman–Crippen MR) is 122 cm³/mol. The van der Waals surface area contributed by atoms with Crippen LogP contribution in [-0.4, -0.2) is 35.8 Å². The van der Waals surface area contributed by atoms with Gasteiger partial charge in [-0.15, -0.1) is 0 Å². The molecule has 1 fully saturated rings. The van der Waals surface area contributed by atoms with Crippen molar-refractivity contribution in [2.24, 2.45) is 5.92 Å². The van der Waals surface area contributed by atoms with Crippen LogP contribution in [0.4, 0.5) is 0 Å². The summed E-state index contributed by atoms with van der Waals surface area (Å²) in [5.41, 5.74) is 4.08. The molecule has 0 saturated carbocycles. The Bertz CT molecular complexity index is 900. The number of rotatable bonds is 5. The smallest absolute Gasteiger partial charge is 0.251 e. The van der Waals surface area contributed by atoms with E-state index in [2.05, 4.69) is 17.4 Å². The van der Waals surface area contributed by atoms with Crippen molar-refractivity contribution in [3.8, 4) is 0 Å². The summed E-state index contributed by atoms with van der Waals surface area (Å²) in [6.45, 7) is 9.37. The third-order valence-corrected chi connectivity index (χ3v) is 6.39. The van der Waals surface area contributed by atoms with E-state index in [1.165, 1.54) is 5.56 Å². The van der Waals surface area contributed by atoms with Gasteiger partial charge in [-0.05, 0) is 79.5 Å². The quantitative estimate of drug-likeness (QED) is 0.721. The van der Waals surface area contributed by atoms with Gasteiger partial charge < -0.3 is 10.2 Å². The van der Waals surface area contributed by atoms with Crippen LogP contribution in [0.5, 0.6) is 0 Å². The van der Waals surface area contributed by atoms with Gasteiger partial charge in [0.05, 0.1) is 0 Å². The minimum Gasteiger partial charge on any atom is -0.341 e. The molecule has 2 aromatic rings. The minimum absolute atomic E-state index is 0.0109. The molecule has 0 radical (unpaired) electrons. The molecule has 4 nitrogen and oxygen atoms in total. The van der Waals surface area contributed by atoms with Crippen LogP contribution in [0, 0.1) is 19.8 Å². The molecule has 1 saturated heterocycles. The fraction of sp³-hybridized carbons (Fsp3) is 0.440. The molecule has 1 heterocycles. The molecule has 1 unspecified atom stereocenters. The maximum Gasteiger partial charge on any atom is 0.251 e. The zero-order valence-corrected chi connectivity index (χ0v) is 19.0. The summed E-state index contributed by atoms with van der Waals surface area (Å²) in [6, 6.07) is 13.1. The highest BCUT2D eigenvalue weighted by atomic mass is 35.5. The average molecular weight is 427 g/mol. The van der Waals surface area contributed by atoms with Gasteiger partial charge in [-0.2, -0.15) is 0 Å². The molecule has 30 heavy (non-hydrogen) atoms. The molecule has 5 heteroatoms. The summed E-state index contributed by atoms with van der Waals surface area (Å²) in [4.78, 5) is 27.9. The second kappa shape index (κ2) is 9.65. The first-order valence-corrected chi connectivity index (χ1v) is 11.1. The molecule has 3 rings (SSSR count). The number of carbonyl (C=O) groups excluding carboxylic acids is 2. The molecule has 1 aliphatic rings. The fourth-order valence-electron chi connectivity index (χ4n) is 3.99.